The van der Waals surface area contributed by atoms with E-state index in [9.17, 15) is 14.0 Å². The van der Waals surface area contributed by atoms with Crippen molar-refractivity contribution in [3.8, 4) is 0 Å². The number of amidine groups is 1. The Balaban J connectivity index is 1.57. The van der Waals surface area contributed by atoms with E-state index in [1.54, 1.807) is 0 Å². The van der Waals surface area contributed by atoms with Crippen LogP contribution in [0.2, 0.25) is 5.02 Å². The van der Waals surface area contributed by atoms with E-state index in [1.807, 2.05) is 0 Å². The Bertz CT molecular complexity index is 700. The number of aliphatic imine (C=N–C) groups is 1. The third kappa shape index (κ3) is 4.76. The average molecular weight is 398 g/mol. The van der Waals surface area contributed by atoms with Crippen molar-refractivity contribution < 1.29 is 14.0 Å². The van der Waals surface area contributed by atoms with Crippen LogP contribution in [0.25, 0.3) is 0 Å². The lowest BCUT2D eigenvalue weighted by atomic mass is 10.1. The van der Waals surface area contributed by atoms with E-state index in [-0.39, 0.29) is 29.1 Å². The van der Waals surface area contributed by atoms with E-state index < -0.39 is 17.0 Å². The maximum atomic E-state index is 13.8. The molecule has 1 unspecified atom stereocenters. The van der Waals surface area contributed by atoms with E-state index in [0.717, 1.165) is 12.8 Å². The maximum Gasteiger partial charge on any atom is 0.255 e. The predicted octanol–water partition coefficient (Wildman–Crippen LogP) is 3.52. The fraction of sp³-hybridized carbons (Fsp3) is 0.500. The summed E-state index contributed by atoms with van der Waals surface area (Å²) in [5, 5.41) is 5.55. The summed E-state index contributed by atoms with van der Waals surface area (Å²) in [4.78, 5) is 29.0. The van der Waals surface area contributed by atoms with Gasteiger partial charge in [-0.25, -0.2) is 4.39 Å². The van der Waals surface area contributed by atoms with Gasteiger partial charge in [-0.2, -0.15) is 0 Å². The van der Waals surface area contributed by atoms with E-state index in [2.05, 4.69) is 15.6 Å². The third-order valence-corrected chi connectivity index (χ3v) is 5.95. The van der Waals surface area contributed by atoms with Gasteiger partial charge in [-0.1, -0.05) is 55.1 Å². The molecule has 1 saturated carbocycles. The fourth-order valence-electron chi connectivity index (χ4n) is 3.14. The molecule has 8 heteroatoms. The zero-order valence-corrected chi connectivity index (χ0v) is 15.8. The zero-order chi connectivity index (χ0) is 18.5. The normalized spacial score (nSPS) is 22.9. The quantitative estimate of drug-likeness (QED) is 0.763. The summed E-state index contributed by atoms with van der Waals surface area (Å²) in [6.07, 6.45) is 6.92. The summed E-state index contributed by atoms with van der Waals surface area (Å²) in [5.74, 6) is -1.51. The second kappa shape index (κ2) is 8.86. The molecule has 2 amide bonds. The van der Waals surface area contributed by atoms with Crippen LogP contribution < -0.4 is 10.6 Å². The first-order chi connectivity index (χ1) is 12.5. The Morgan fingerprint density at radius 2 is 2.04 bits per heavy atom. The van der Waals surface area contributed by atoms with Crippen LogP contribution in [0.4, 0.5) is 4.39 Å². The third-order valence-electron chi connectivity index (χ3n) is 4.54. The van der Waals surface area contributed by atoms with Gasteiger partial charge in [0.2, 0.25) is 5.91 Å². The highest BCUT2D eigenvalue weighted by atomic mass is 35.5. The largest absolute Gasteiger partial charge is 0.350 e. The molecule has 1 aromatic rings. The van der Waals surface area contributed by atoms with Crippen molar-refractivity contribution >= 4 is 40.3 Å². The van der Waals surface area contributed by atoms with Crippen LogP contribution in [0.5, 0.6) is 0 Å². The molecule has 0 bridgehead atoms. The monoisotopic (exact) mass is 397 g/mol. The molecule has 1 aromatic carbocycles. The van der Waals surface area contributed by atoms with E-state index in [0.29, 0.717) is 5.17 Å². The van der Waals surface area contributed by atoms with Crippen LogP contribution in [0.3, 0.4) is 0 Å². The molecule has 1 aliphatic heterocycles. The van der Waals surface area contributed by atoms with Crippen molar-refractivity contribution in [2.24, 2.45) is 4.99 Å². The van der Waals surface area contributed by atoms with Gasteiger partial charge in [0.25, 0.3) is 5.91 Å². The van der Waals surface area contributed by atoms with Gasteiger partial charge in [0.15, 0.2) is 5.17 Å². The van der Waals surface area contributed by atoms with Gasteiger partial charge in [-0.05, 0) is 25.0 Å². The smallest absolute Gasteiger partial charge is 0.255 e. The Morgan fingerprint density at radius 3 is 2.73 bits per heavy atom. The number of hydrogen-bond donors (Lipinski definition) is 2. The molecule has 2 N–H and O–H groups in total. The standard InChI is InChI=1S/C18H21ClFN3O2S/c19-12-8-5-9-13(20)15(12)17(25)21-10-14-16(24)23-18(26-14)22-11-6-3-1-2-4-7-11/h5,8-9,11,14H,1-4,6-7,10H2,(H,21,25)(H,22,23,24). The molecule has 1 atom stereocenters. The van der Waals surface area contributed by atoms with Gasteiger partial charge in [0.05, 0.1) is 16.6 Å². The Morgan fingerprint density at radius 1 is 1.31 bits per heavy atom. The van der Waals surface area contributed by atoms with Crippen LogP contribution >= 0.6 is 23.4 Å². The highest BCUT2D eigenvalue weighted by Crippen LogP contribution is 2.25. The van der Waals surface area contributed by atoms with Crippen molar-refractivity contribution in [2.45, 2.75) is 49.8 Å². The molecule has 3 rings (SSSR count). The van der Waals surface area contributed by atoms with Crippen molar-refractivity contribution in [1.82, 2.24) is 10.6 Å². The molecule has 1 aliphatic carbocycles. The SMILES string of the molecule is O=C(NCC1SC(=NC2CCCCCC2)NC1=O)c1c(F)cccc1Cl. The predicted molar refractivity (Wildman–Crippen MR) is 102 cm³/mol. The number of thioether (sulfide) groups is 1. The number of carbonyl (C=O) groups is 2. The summed E-state index contributed by atoms with van der Waals surface area (Å²) < 4.78 is 13.8. The van der Waals surface area contributed by atoms with Gasteiger partial charge >= 0.3 is 0 Å². The number of amides is 2. The zero-order valence-electron chi connectivity index (χ0n) is 14.3. The molecule has 2 fully saturated rings. The molecule has 5 nitrogen and oxygen atoms in total. The van der Waals surface area contributed by atoms with E-state index >= 15 is 0 Å². The molecule has 0 aromatic heterocycles. The van der Waals surface area contributed by atoms with Gasteiger partial charge in [-0.15, -0.1) is 0 Å². The molecule has 26 heavy (non-hydrogen) atoms. The lowest BCUT2D eigenvalue weighted by Gasteiger charge is -2.10. The Labute approximate surface area is 161 Å². The molecule has 0 radical (unpaired) electrons. The number of halogens is 2. The molecular weight excluding hydrogens is 377 g/mol. The fourth-order valence-corrected chi connectivity index (χ4v) is 4.36. The Hall–Kier alpha value is -1.60. The number of benzene rings is 1. The second-order valence-electron chi connectivity index (χ2n) is 6.48. The minimum Gasteiger partial charge on any atom is -0.350 e. The van der Waals surface area contributed by atoms with E-state index in [1.165, 1.54) is 55.6 Å². The minimum atomic E-state index is -0.686. The molecule has 1 saturated heterocycles. The lowest BCUT2D eigenvalue weighted by molar-refractivity contribution is -0.118. The first-order valence-electron chi connectivity index (χ1n) is 8.82. The highest BCUT2D eigenvalue weighted by molar-refractivity contribution is 8.15. The number of carbonyl (C=O) groups excluding carboxylic acids is 2. The second-order valence-corrected chi connectivity index (χ2v) is 8.08. The van der Waals surface area contributed by atoms with Crippen LogP contribution in [0, 0.1) is 5.82 Å². The minimum absolute atomic E-state index is 0.0432. The van der Waals surface area contributed by atoms with Crippen molar-refractivity contribution in [3.05, 3.63) is 34.6 Å². The molecule has 140 valence electrons. The van der Waals surface area contributed by atoms with Crippen LogP contribution in [-0.4, -0.2) is 34.8 Å². The highest BCUT2D eigenvalue weighted by Gasteiger charge is 2.31. The number of nitrogens with zero attached hydrogens (tertiary/aromatic N) is 1. The summed E-state index contributed by atoms with van der Waals surface area (Å²) in [6.45, 7) is 0.0870. The summed E-state index contributed by atoms with van der Waals surface area (Å²) in [7, 11) is 0. The number of hydrogen-bond acceptors (Lipinski definition) is 4. The van der Waals surface area contributed by atoms with Gasteiger partial charge in [0.1, 0.15) is 11.1 Å². The summed E-state index contributed by atoms with van der Waals surface area (Å²) in [6, 6.07) is 4.32. The summed E-state index contributed by atoms with van der Waals surface area (Å²) >= 11 is 7.20. The number of nitrogens with one attached hydrogen (secondary N) is 2. The van der Waals surface area contributed by atoms with Gasteiger partial charge < -0.3 is 10.6 Å². The first kappa shape index (κ1) is 19.2. The molecule has 0 spiro atoms. The van der Waals surface area contributed by atoms with Crippen molar-refractivity contribution in [3.63, 3.8) is 0 Å². The Kier molecular flexibility index (Phi) is 6.53. The van der Waals surface area contributed by atoms with E-state index in [4.69, 9.17) is 11.6 Å². The number of rotatable bonds is 4. The molecule has 1 heterocycles. The summed E-state index contributed by atoms with van der Waals surface area (Å²) in [5.41, 5.74) is -0.204. The molecular formula is C18H21ClFN3O2S. The van der Waals surface area contributed by atoms with Crippen molar-refractivity contribution in [2.75, 3.05) is 6.54 Å². The topological polar surface area (TPSA) is 70.6 Å². The van der Waals surface area contributed by atoms with Crippen molar-refractivity contribution in [1.29, 1.82) is 0 Å². The molecule has 2 aliphatic rings. The van der Waals surface area contributed by atoms with Gasteiger partial charge in [-0.3, -0.25) is 14.6 Å². The lowest BCUT2D eigenvalue weighted by Crippen LogP contribution is -2.36. The first-order valence-corrected chi connectivity index (χ1v) is 10.1. The van der Waals surface area contributed by atoms with Crippen LogP contribution in [0.15, 0.2) is 23.2 Å². The van der Waals surface area contributed by atoms with Gasteiger partial charge in [0, 0.05) is 6.54 Å². The van der Waals surface area contributed by atoms with Crippen LogP contribution in [0.1, 0.15) is 48.9 Å². The average Bonchev–Trinajstić information content (AvgIpc) is 2.79. The maximum absolute atomic E-state index is 13.8. The van der Waals surface area contributed by atoms with Crippen LogP contribution in [-0.2, 0) is 4.79 Å².